The Morgan fingerprint density at radius 2 is 1.51 bits per heavy atom. The van der Waals surface area contributed by atoms with E-state index >= 15 is 0 Å². The minimum absolute atomic E-state index is 0.0548. The van der Waals surface area contributed by atoms with Crippen molar-refractivity contribution in [2.24, 2.45) is 5.92 Å². The monoisotopic (exact) mass is 533 g/mol. The van der Waals surface area contributed by atoms with Crippen LogP contribution >= 0.6 is 0 Å². The minimum atomic E-state index is -0.736. The van der Waals surface area contributed by atoms with Crippen LogP contribution in [0.5, 0.6) is 23.0 Å². The molecule has 4 rings (SSSR count). The molecule has 0 N–H and O–H groups in total. The van der Waals surface area contributed by atoms with Crippen LogP contribution in [0.25, 0.3) is 0 Å². The number of esters is 2. The Morgan fingerprint density at radius 1 is 0.821 bits per heavy atom. The van der Waals surface area contributed by atoms with Gasteiger partial charge in [-0.05, 0) is 54.6 Å². The summed E-state index contributed by atoms with van der Waals surface area (Å²) in [6.07, 6.45) is -0.0548. The Labute approximate surface area is 225 Å². The predicted molar refractivity (Wildman–Crippen MR) is 140 cm³/mol. The average molecular weight is 534 g/mol. The maximum absolute atomic E-state index is 12.7. The van der Waals surface area contributed by atoms with Gasteiger partial charge in [0.15, 0.2) is 12.4 Å². The summed E-state index contributed by atoms with van der Waals surface area (Å²) >= 11 is 0. The van der Waals surface area contributed by atoms with Gasteiger partial charge < -0.3 is 28.6 Å². The highest BCUT2D eigenvalue weighted by Crippen LogP contribution is 2.36. The molecule has 3 aromatic carbocycles. The molecule has 1 amide bonds. The van der Waals surface area contributed by atoms with Crippen molar-refractivity contribution in [3.05, 3.63) is 77.9 Å². The molecule has 1 aliphatic heterocycles. The number of hydrogen-bond donors (Lipinski definition) is 0. The van der Waals surface area contributed by atoms with Crippen molar-refractivity contribution in [3.8, 4) is 23.0 Å². The highest BCUT2D eigenvalue weighted by Gasteiger charge is 2.37. The molecule has 0 bridgehead atoms. The highest BCUT2D eigenvalue weighted by molar-refractivity contribution is 6.02. The molecule has 3 aromatic rings. The fourth-order valence-electron chi connectivity index (χ4n) is 4.07. The summed E-state index contributed by atoms with van der Waals surface area (Å²) < 4.78 is 26.3. The fraction of sp³-hybridized carbons (Fsp3) is 0.241. The zero-order chi connectivity index (χ0) is 27.9. The van der Waals surface area contributed by atoms with Crippen LogP contribution in [-0.4, -0.2) is 58.1 Å². The molecule has 0 saturated carbocycles. The average Bonchev–Trinajstić information content (AvgIpc) is 3.37. The Balaban J connectivity index is 1.32. The molecule has 0 unspecified atom stereocenters. The number of rotatable bonds is 10. The molecule has 0 aromatic heterocycles. The Kier molecular flexibility index (Phi) is 8.45. The molecule has 0 radical (unpaired) electrons. The van der Waals surface area contributed by atoms with Crippen molar-refractivity contribution in [1.82, 2.24) is 0 Å². The maximum Gasteiger partial charge on any atom is 0.343 e. The van der Waals surface area contributed by atoms with Gasteiger partial charge in [-0.1, -0.05) is 6.07 Å². The second kappa shape index (κ2) is 12.1. The number of amides is 1. The van der Waals surface area contributed by atoms with Crippen LogP contribution in [0.3, 0.4) is 0 Å². The van der Waals surface area contributed by atoms with Crippen molar-refractivity contribution >= 4 is 29.3 Å². The number of nitrogens with zero attached hydrogens (tertiary/aromatic N) is 1. The van der Waals surface area contributed by atoms with Gasteiger partial charge in [-0.25, -0.2) is 4.79 Å². The first-order valence-corrected chi connectivity index (χ1v) is 12.0. The number of Topliss-reactive ketones (excluding diaryl/α,β-unsaturated/α-hetero) is 1. The van der Waals surface area contributed by atoms with Crippen molar-refractivity contribution in [1.29, 1.82) is 0 Å². The smallest absolute Gasteiger partial charge is 0.343 e. The molecule has 1 saturated heterocycles. The van der Waals surface area contributed by atoms with E-state index in [-0.39, 0.29) is 30.2 Å². The first-order chi connectivity index (χ1) is 18.8. The number of ether oxygens (including phenoxy) is 5. The lowest BCUT2D eigenvalue weighted by atomic mass is 10.1. The van der Waals surface area contributed by atoms with E-state index in [1.54, 1.807) is 42.5 Å². The van der Waals surface area contributed by atoms with Crippen molar-refractivity contribution in [2.45, 2.75) is 6.42 Å². The SMILES string of the molecule is COc1cccc(C(=O)Oc2ccc(C(=O)COC(=O)[C@@H]3CC(=O)N(c4cc(OC)ccc4OC)C3)cc2)c1. The van der Waals surface area contributed by atoms with Crippen LogP contribution < -0.4 is 23.8 Å². The van der Waals surface area contributed by atoms with E-state index < -0.39 is 30.2 Å². The summed E-state index contributed by atoms with van der Waals surface area (Å²) in [4.78, 5) is 51.7. The van der Waals surface area contributed by atoms with E-state index in [4.69, 9.17) is 23.7 Å². The van der Waals surface area contributed by atoms with Gasteiger partial charge in [0, 0.05) is 24.6 Å². The van der Waals surface area contributed by atoms with Crippen molar-refractivity contribution in [3.63, 3.8) is 0 Å². The summed E-state index contributed by atoms with van der Waals surface area (Å²) in [5, 5.41) is 0. The van der Waals surface area contributed by atoms with Gasteiger partial charge in [-0.2, -0.15) is 0 Å². The molecule has 0 spiro atoms. The quantitative estimate of drug-likeness (QED) is 0.218. The first-order valence-electron chi connectivity index (χ1n) is 12.0. The van der Waals surface area contributed by atoms with Gasteiger partial charge >= 0.3 is 11.9 Å². The molecular formula is C29H27NO9. The normalized spacial score (nSPS) is 14.5. The Morgan fingerprint density at radius 3 is 2.21 bits per heavy atom. The molecule has 202 valence electrons. The number of methoxy groups -OCH3 is 3. The van der Waals surface area contributed by atoms with Crippen LogP contribution in [0.4, 0.5) is 5.69 Å². The minimum Gasteiger partial charge on any atom is -0.497 e. The third-order valence-electron chi connectivity index (χ3n) is 6.17. The lowest BCUT2D eigenvalue weighted by molar-refractivity contribution is -0.147. The number of ketones is 1. The highest BCUT2D eigenvalue weighted by atomic mass is 16.5. The van der Waals surface area contributed by atoms with E-state index in [1.807, 2.05) is 0 Å². The number of anilines is 1. The zero-order valence-corrected chi connectivity index (χ0v) is 21.7. The van der Waals surface area contributed by atoms with E-state index in [0.29, 0.717) is 28.5 Å². The van der Waals surface area contributed by atoms with Crippen LogP contribution in [0, 0.1) is 5.92 Å². The fourth-order valence-corrected chi connectivity index (χ4v) is 4.07. The van der Waals surface area contributed by atoms with E-state index in [9.17, 15) is 19.2 Å². The van der Waals surface area contributed by atoms with E-state index in [1.165, 1.54) is 50.5 Å². The third kappa shape index (κ3) is 6.35. The van der Waals surface area contributed by atoms with Crippen molar-refractivity contribution < 1.29 is 42.9 Å². The number of hydrogen-bond acceptors (Lipinski definition) is 9. The summed E-state index contributed by atoms with van der Waals surface area (Å²) in [5.74, 6) is -0.900. The second-order valence-electron chi connectivity index (χ2n) is 8.62. The lowest BCUT2D eigenvalue weighted by Crippen LogP contribution is -2.27. The topological polar surface area (TPSA) is 118 Å². The first kappa shape index (κ1) is 27.2. The van der Waals surface area contributed by atoms with Crippen LogP contribution in [-0.2, 0) is 14.3 Å². The largest absolute Gasteiger partial charge is 0.497 e. The maximum atomic E-state index is 12.7. The number of carbonyl (C=O) groups excluding carboxylic acids is 4. The molecule has 1 fully saturated rings. The van der Waals surface area contributed by atoms with E-state index in [2.05, 4.69) is 0 Å². The molecule has 10 heteroatoms. The second-order valence-corrected chi connectivity index (χ2v) is 8.62. The Bertz CT molecular complexity index is 1380. The lowest BCUT2D eigenvalue weighted by Gasteiger charge is -2.20. The molecule has 0 aliphatic carbocycles. The van der Waals surface area contributed by atoms with Gasteiger partial charge in [0.1, 0.15) is 23.0 Å². The van der Waals surface area contributed by atoms with Gasteiger partial charge in [0.2, 0.25) is 5.91 Å². The zero-order valence-electron chi connectivity index (χ0n) is 21.7. The van der Waals surface area contributed by atoms with Crippen LogP contribution in [0.15, 0.2) is 66.7 Å². The molecule has 39 heavy (non-hydrogen) atoms. The third-order valence-corrected chi connectivity index (χ3v) is 6.17. The summed E-state index contributed by atoms with van der Waals surface area (Å²) in [5.41, 5.74) is 1.07. The standard InChI is InChI=1S/C29H27NO9/c1-35-22-6-4-5-19(13-22)29(34)39-21-9-7-18(8-10-21)25(31)17-38-28(33)20-14-27(32)30(16-20)24-15-23(36-2)11-12-26(24)37-3/h4-13,15,20H,14,16-17H2,1-3H3/t20-/m1/s1. The summed E-state index contributed by atoms with van der Waals surface area (Å²) in [7, 11) is 4.50. The number of carbonyl (C=O) groups is 4. The van der Waals surface area contributed by atoms with E-state index in [0.717, 1.165) is 0 Å². The molecule has 10 nitrogen and oxygen atoms in total. The molecule has 1 atom stereocenters. The van der Waals surface area contributed by atoms with Crippen LogP contribution in [0.1, 0.15) is 27.1 Å². The number of benzene rings is 3. The van der Waals surface area contributed by atoms with Gasteiger partial charge in [0.25, 0.3) is 0 Å². The molecule has 1 aliphatic rings. The summed E-state index contributed by atoms with van der Waals surface area (Å²) in [6.45, 7) is -0.405. The van der Waals surface area contributed by atoms with Crippen LogP contribution in [0.2, 0.25) is 0 Å². The predicted octanol–water partition coefficient (Wildman–Crippen LogP) is 3.71. The van der Waals surface area contributed by atoms with Crippen molar-refractivity contribution in [2.75, 3.05) is 39.4 Å². The summed E-state index contributed by atoms with van der Waals surface area (Å²) in [6, 6.07) is 17.5. The molecule has 1 heterocycles. The van der Waals surface area contributed by atoms with Gasteiger partial charge in [-0.15, -0.1) is 0 Å². The van der Waals surface area contributed by atoms with Gasteiger partial charge in [0.05, 0.1) is 38.5 Å². The molecular weight excluding hydrogens is 506 g/mol. The van der Waals surface area contributed by atoms with Gasteiger partial charge in [-0.3, -0.25) is 14.4 Å². The Hall–Kier alpha value is -4.86.